The van der Waals surface area contributed by atoms with E-state index < -0.39 is 24.5 Å². The first-order valence-electron chi connectivity index (χ1n) is 9.92. The lowest BCUT2D eigenvalue weighted by atomic mass is 10.0. The lowest BCUT2D eigenvalue weighted by molar-refractivity contribution is -0.142. The predicted molar refractivity (Wildman–Crippen MR) is 136 cm³/mol. The highest BCUT2D eigenvalue weighted by molar-refractivity contribution is 7.15. The first-order chi connectivity index (χ1) is 16.3. The number of ether oxygens (including phenoxy) is 2. The third kappa shape index (κ3) is 6.84. The molecule has 1 N–H and O–H groups in total. The van der Waals surface area contributed by atoms with E-state index in [-0.39, 0.29) is 17.2 Å². The molecule has 1 aromatic heterocycles. The Morgan fingerprint density at radius 2 is 1.74 bits per heavy atom. The monoisotopic (exact) mass is 537 g/mol. The smallest absolute Gasteiger partial charge is 0.341 e. The maximum atomic E-state index is 12.6. The van der Waals surface area contributed by atoms with Crippen LogP contribution < -0.4 is 5.32 Å². The molecule has 0 aliphatic heterocycles. The van der Waals surface area contributed by atoms with Crippen LogP contribution in [-0.4, -0.2) is 31.1 Å². The fourth-order valence-corrected chi connectivity index (χ4v) is 4.23. The summed E-state index contributed by atoms with van der Waals surface area (Å²) in [6.45, 7) is 1.32. The summed E-state index contributed by atoms with van der Waals surface area (Å²) < 4.78 is 10.1. The second-order valence-corrected chi connectivity index (χ2v) is 8.87. The molecule has 0 saturated heterocycles. The molecule has 6 nitrogen and oxygen atoms in total. The number of hydrogen-bond donors (Lipinski definition) is 1. The van der Waals surface area contributed by atoms with Crippen molar-refractivity contribution in [3.8, 4) is 11.1 Å². The Balaban J connectivity index is 1.67. The molecule has 0 spiro atoms. The van der Waals surface area contributed by atoms with Crippen LogP contribution in [0.25, 0.3) is 17.2 Å². The normalized spacial score (nSPS) is 10.8. The molecule has 0 unspecified atom stereocenters. The van der Waals surface area contributed by atoms with Crippen LogP contribution in [0.15, 0.2) is 53.9 Å². The van der Waals surface area contributed by atoms with Gasteiger partial charge in [-0.3, -0.25) is 4.79 Å². The van der Waals surface area contributed by atoms with Crippen molar-refractivity contribution >= 4 is 75.1 Å². The lowest BCUT2D eigenvalue weighted by Crippen LogP contribution is -2.21. The third-order valence-electron chi connectivity index (χ3n) is 4.38. The van der Waals surface area contributed by atoms with Gasteiger partial charge in [-0.15, -0.1) is 11.3 Å². The highest BCUT2D eigenvalue weighted by Crippen LogP contribution is 2.36. The Hall–Kier alpha value is -2.84. The van der Waals surface area contributed by atoms with E-state index in [0.717, 1.165) is 16.9 Å². The van der Waals surface area contributed by atoms with Gasteiger partial charge in [-0.05, 0) is 48.4 Å². The molecule has 3 aromatic rings. The molecule has 0 bridgehead atoms. The van der Waals surface area contributed by atoms with Crippen molar-refractivity contribution in [2.45, 2.75) is 6.92 Å². The largest absolute Gasteiger partial charge is 0.462 e. The van der Waals surface area contributed by atoms with Gasteiger partial charge in [0.05, 0.1) is 16.7 Å². The molecule has 0 radical (unpaired) electrons. The number of hydrogen-bond acceptors (Lipinski definition) is 6. The van der Waals surface area contributed by atoms with Crippen molar-refractivity contribution in [3.05, 3.63) is 80.1 Å². The number of amides is 1. The Labute approximate surface area is 215 Å². The van der Waals surface area contributed by atoms with Gasteiger partial charge < -0.3 is 14.8 Å². The Morgan fingerprint density at radius 1 is 1.00 bits per heavy atom. The van der Waals surface area contributed by atoms with Crippen molar-refractivity contribution < 1.29 is 23.9 Å². The first-order valence-corrected chi connectivity index (χ1v) is 11.9. The summed E-state index contributed by atoms with van der Waals surface area (Å²) in [5, 5.41) is 5.94. The van der Waals surface area contributed by atoms with Crippen LogP contribution in [0.3, 0.4) is 0 Å². The minimum absolute atomic E-state index is 0.172. The summed E-state index contributed by atoms with van der Waals surface area (Å²) in [4.78, 5) is 37.0. The van der Waals surface area contributed by atoms with Crippen molar-refractivity contribution in [1.82, 2.24) is 0 Å². The molecule has 0 saturated carbocycles. The fraction of sp³-hybridized carbons (Fsp3) is 0.125. The molecule has 0 aliphatic rings. The van der Waals surface area contributed by atoms with Gasteiger partial charge in [-0.2, -0.15) is 0 Å². The molecular weight excluding hydrogens is 521 g/mol. The standard InChI is InChI=1S/C24H18Cl3NO5S/c1-2-32-24(31)22-17(15-5-7-16(25)8-6-15)13-34-23(22)28-20(29)12-33-21(30)10-4-14-3-9-18(26)19(27)11-14/h3-11,13H,2,12H2,1H3,(H,28,29)/b10-4+. The van der Waals surface area contributed by atoms with Gasteiger partial charge in [0.1, 0.15) is 10.6 Å². The van der Waals surface area contributed by atoms with Gasteiger partial charge in [0, 0.05) is 22.0 Å². The van der Waals surface area contributed by atoms with Crippen LogP contribution in [0.4, 0.5) is 5.00 Å². The van der Waals surface area contributed by atoms with Gasteiger partial charge in [-0.25, -0.2) is 9.59 Å². The van der Waals surface area contributed by atoms with Crippen molar-refractivity contribution in [2.75, 3.05) is 18.5 Å². The maximum absolute atomic E-state index is 12.6. The molecule has 0 fully saturated rings. The molecule has 34 heavy (non-hydrogen) atoms. The molecule has 0 aliphatic carbocycles. The fourth-order valence-electron chi connectivity index (χ4n) is 2.83. The van der Waals surface area contributed by atoms with E-state index in [1.165, 1.54) is 12.2 Å². The van der Waals surface area contributed by atoms with E-state index >= 15 is 0 Å². The van der Waals surface area contributed by atoms with Crippen LogP contribution >= 0.6 is 46.1 Å². The zero-order chi connectivity index (χ0) is 24.7. The number of anilines is 1. The zero-order valence-corrected chi connectivity index (χ0v) is 20.9. The van der Waals surface area contributed by atoms with Crippen LogP contribution in [0.1, 0.15) is 22.8 Å². The van der Waals surface area contributed by atoms with Crippen molar-refractivity contribution in [2.24, 2.45) is 0 Å². The van der Waals surface area contributed by atoms with E-state index in [9.17, 15) is 14.4 Å². The number of nitrogens with one attached hydrogen (secondary N) is 1. The molecule has 3 rings (SSSR count). The second-order valence-electron chi connectivity index (χ2n) is 6.74. The summed E-state index contributed by atoms with van der Waals surface area (Å²) in [5.74, 6) is -1.91. The number of carbonyl (C=O) groups is 3. The zero-order valence-electron chi connectivity index (χ0n) is 17.8. The van der Waals surface area contributed by atoms with Gasteiger partial charge in [0.15, 0.2) is 6.61 Å². The highest BCUT2D eigenvalue weighted by atomic mass is 35.5. The highest BCUT2D eigenvalue weighted by Gasteiger charge is 2.23. The van der Waals surface area contributed by atoms with Crippen LogP contribution in [0, 0.1) is 0 Å². The van der Waals surface area contributed by atoms with Gasteiger partial charge in [0.25, 0.3) is 5.91 Å². The number of carbonyl (C=O) groups excluding carboxylic acids is 3. The number of benzene rings is 2. The summed E-state index contributed by atoms with van der Waals surface area (Å²) in [6.07, 6.45) is 2.65. The molecule has 176 valence electrons. The minimum Gasteiger partial charge on any atom is -0.462 e. The van der Waals surface area contributed by atoms with Gasteiger partial charge >= 0.3 is 11.9 Å². The van der Waals surface area contributed by atoms with Crippen molar-refractivity contribution in [3.63, 3.8) is 0 Å². The Bertz CT molecular complexity index is 1240. The second kappa shape index (κ2) is 12.0. The number of halogens is 3. The Kier molecular flexibility index (Phi) is 9.12. The maximum Gasteiger partial charge on any atom is 0.341 e. The summed E-state index contributed by atoms with van der Waals surface area (Å²) >= 11 is 18.9. The van der Waals surface area contributed by atoms with Crippen molar-refractivity contribution in [1.29, 1.82) is 0 Å². The molecule has 1 amide bonds. The van der Waals surface area contributed by atoms with Gasteiger partial charge in [-0.1, -0.05) is 53.0 Å². The molecule has 0 atom stereocenters. The number of rotatable bonds is 8. The SMILES string of the molecule is CCOC(=O)c1c(-c2ccc(Cl)cc2)csc1NC(=O)COC(=O)/C=C/c1ccc(Cl)c(Cl)c1. The van der Waals surface area contributed by atoms with E-state index in [4.69, 9.17) is 44.3 Å². The van der Waals surface area contributed by atoms with E-state index in [2.05, 4.69) is 5.32 Å². The van der Waals surface area contributed by atoms with E-state index in [1.807, 2.05) is 0 Å². The van der Waals surface area contributed by atoms with E-state index in [0.29, 0.717) is 26.2 Å². The topological polar surface area (TPSA) is 81.7 Å². The Morgan fingerprint density at radius 3 is 2.41 bits per heavy atom. The van der Waals surface area contributed by atoms with Crippen LogP contribution in [0.2, 0.25) is 15.1 Å². The first kappa shape index (κ1) is 25.8. The predicted octanol–water partition coefficient (Wildman–Crippen LogP) is 6.75. The number of esters is 2. The molecular formula is C24H18Cl3NO5S. The summed E-state index contributed by atoms with van der Waals surface area (Å²) in [5.41, 5.74) is 2.19. The van der Waals surface area contributed by atoms with Crippen LogP contribution in [-0.2, 0) is 19.1 Å². The van der Waals surface area contributed by atoms with Crippen LogP contribution in [0.5, 0.6) is 0 Å². The molecule has 1 heterocycles. The summed E-state index contributed by atoms with van der Waals surface area (Å²) in [7, 11) is 0. The summed E-state index contributed by atoms with van der Waals surface area (Å²) in [6, 6.07) is 11.8. The van der Waals surface area contributed by atoms with E-state index in [1.54, 1.807) is 54.8 Å². The average molecular weight is 539 g/mol. The molecule has 2 aromatic carbocycles. The third-order valence-corrected chi connectivity index (χ3v) is 6.27. The average Bonchev–Trinajstić information content (AvgIpc) is 3.22. The quantitative estimate of drug-likeness (QED) is 0.253. The lowest BCUT2D eigenvalue weighted by Gasteiger charge is -2.09. The minimum atomic E-state index is -0.722. The van der Waals surface area contributed by atoms with Gasteiger partial charge in [0.2, 0.25) is 0 Å². The number of thiophene rings is 1. The molecule has 10 heteroatoms.